The lowest BCUT2D eigenvalue weighted by Gasteiger charge is -2.10. The number of carbonyl (C=O) groups is 1. The van der Waals surface area contributed by atoms with E-state index in [0.717, 1.165) is 0 Å². The van der Waals surface area contributed by atoms with Gasteiger partial charge in [0.1, 0.15) is 12.7 Å². The fourth-order valence-corrected chi connectivity index (χ4v) is 2.16. The highest BCUT2D eigenvalue weighted by atomic mass is 19.4. The minimum atomic E-state index is -4.38. The Hall–Kier alpha value is -2.99. The predicted octanol–water partition coefficient (Wildman–Crippen LogP) is 2.80. The van der Waals surface area contributed by atoms with Gasteiger partial charge in [0.15, 0.2) is 5.69 Å². The summed E-state index contributed by atoms with van der Waals surface area (Å²) in [5.74, 6) is -0.711. The van der Waals surface area contributed by atoms with E-state index in [0.29, 0.717) is 11.3 Å². The number of aromatic nitrogens is 1. The van der Waals surface area contributed by atoms with Crippen molar-refractivity contribution in [2.75, 3.05) is 19.5 Å². The fraction of sp³-hybridized carbons (Fsp3) is 0.250. The zero-order chi connectivity index (χ0) is 18.6. The molecule has 0 aliphatic carbocycles. The molecule has 9 heteroatoms. The van der Waals surface area contributed by atoms with Gasteiger partial charge in [0.05, 0.1) is 25.0 Å². The molecule has 2 rings (SSSR count). The van der Waals surface area contributed by atoms with Crippen molar-refractivity contribution in [2.45, 2.75) is 12.8 Å². The first-order chi connectivity index (χ1) is 11.8. The molecular weight excluding hydrogens is 339 g/mol. The van der Waals surface area contributed by atoms with E-state index in [1.807, 2.05) is 6.07 Å². The molecule has 0 aliphatic heterocycles. The number of esters is 1. The first-order valence-corrected chi connectivity index (χ1v) is 7.00. The number of methoxy groups -OCH3 is 1. The molecule has 0 atom stereocenters. The summed E-state index contributed by atoms with van der Waals surface area (Å²) >= 11 is 0. The molecule has 132 valence electrons. The third kappa shape index (κ3) is 4.30. The maximum Gasteiger partial charge on any atom is 0.411 e. The van der Waals surface area contributed by atoms with Gasteiger partial charge >= 0.3 is 12.1 Å². The summed E-state index contributed by atoms with van der Waals surface area (Å²) in [6, 6.07) is 8.12. The zero-order valence-electron chi connectivity index (χ0n) is 13.1. The van der Waals surface area contributed by atoms with Crippen LogP contribution in [-0.2, 0) is 16.1 Å². The molecule has 2 N–H and O–H groups in total. The zero-order valence-corrected chi connectivity index (χ0v) is 13.1. The highest BCUT2D eigenvalue weighted by molar-refractivity contribution is 5.95. The summed E-state index contributed by atoms with van der Waals surface area (Å²) in [6.07, 6.45) is -3.00. The molecule has 1 heterocycles. The van der Waals surface area contributed by atoms with Crippen LogP contribution >= 0.6 is 0 Å². The first-order valence-electron chi connectivity index (χ1n) is 7.00. The highest BCUT2D eigenvalue weighted by Gasteiger charge is 2.27. The number of ether oxygens (including phenoxy) is 2. The van der Waals surface area contributed by atoms with E-state index in [9.17, 15) is 18.0 Å². The van der Waals surface area contributed by atoms with E-state index in [4.69, 9.17) is 11.0 Å². The Balaban J connectivity index is 2.25. The Bertz CT molecular complexity index is 805. The van der Waals surface area contributed by atoms with E-state index in [1.165, 1.54) is 17.9 Å². The number of hydrogen-bond donors (Lipinski definition) is 1. The average Bonchev–Trinajstić information content (AvgIpc) is 2.90. The van der Waals surface area contributed by atoms with Crippen molar-refractivity contribution in [3.05, 3.63) is 47.3 Å². The number of nitrogens with zero attached hydrogens (tertiary/aromatic N) is 2. The molecule has 0 saturated heterocycles. The Morgan fingerprint density at radius 1 is 1.32 bits per heavy atom. The van der Waals surface area contributed by atoms with Gasteiger partial charge in [0.25, 0.3) is 0 Å². The van der Waals surface area contributed by atoms with Crippen molar-refractivity contribution in [2.24, 2.45) is 0 Å². The van der Waals surface area contributed by atoms with Gasteiger partial charge in [-0.25, -0.2) is 4.79 Å². The van der Waals surface area contributed by atoms with Crippen LogP contribution in [0.3, 0.4) is 0 Å². The minimum Gasteiger partial charge on any atom is -0.464 e. The van der Waals surface area contributed by atoms with E-state index in [2.05, 4.69) is 9.47 Å². The number of nitrogens with two attached hydrogens (primary N) is 1. The van der Waals surface area contributed by atoms with Crippen LogP contribution in [0.5, 0.6) is 0 Å². The minimum absolute atomic E-state index is 0.000112. The standard InChI is InChI=1S/C16H14F3N3O3/c1-24-15(23)14-13(21)11(6-20)7-22(14)12-4-2-10(3-5-12)8-25-9-16(17,18)19/h2-5,7H,8-9,21H2,1H3. The number of nitriles is 1. The summed E-state index contributed by atoms with van der Waals surface area (Å²) in [4.78, 5) is 11.9. The molecule has 2 aromatic rings. The summed E-state index contributed by atoms with van der Waals surface area (Å²) in [5, 5.41) is 9.06. The van der Waals surface area contributed by atoms with Gasteiger partial charge in [-0.2, -0.15) is 18.4 Å². The predicted molar refractivity (Wildman–Crippen MR) is 81.9 cm³/mol. The molecule has 25 heavy (non-hydrogen) atoms. The quantitative estimate of drug-likeness (QED) is 0.835. The molecule has 0 saturated carbocycles. The number of halogens is 3. The third-order valence-electron chi connectivity index (χ3n) is 3.29. The van der Waals surface area contributed by atoms with Crippen LogP contribution in [0.4, 0.5) is 18.9 Å². The summed E-state index contributed by atoms with van der Waals surface area (Å²) in [6.45, 7) is -1.54. The van der Waals surface area contributed by atoms with E-state index >= 15 is 0 Å². The van der Waals surface area contributed by atoms with Crippen molar-refractivity contribution in [1.82, 2.24) is 4.57 Å². The number of alkyl halides is 3. The number of anilines is 1. The van der Waals surface area contributed by atoms with Crippen LogP contribution in [0.25, 0.3) is 5.69 Å². The number of rotatable bonds is 5. The third-order valence-corrected chi connectivity index (χ3v) is 3.29. The molecule has 0 radical (unpaired) electrons. The van der Waals surface area contributed by atoms with Crippen LogP contribution in [-0.4, -0.2) is 30.4 Å². The van der Waals surface area contributed by atoms with Crippen molar-refractivity contribution in [3.8, 4) is 11.8 Å². The molecular formula is C16H14F3N3O3. The summed E-state index contributed by atoms with van der Waals surface area (Å²) in [5.41, 5.74) is 6.91. The van der Waals surface area contributed by atoms with Crippen LogP contribution in [0, 0.1) is 11.3 Å². The smallest absolute Gasteiger partial charge is 0.411 e. The highest BCUT2D eigenvalue weighted by Crippen LogP contribution is 2.25. The van der Waals surface area contributed by atoms with Gasteiger partial charge in [-0.15, -0.1) is 0 Å². The van der Waals surface area contributed by atoms with Gasteiger partial charge in [-0.1, -0.05) is 12.1 Å². The Morgan fingerprint density at radius 3 is 2.48 bits per heavy atom. The van der Waals surface area contributed by atoms with E-state index in [-0.39, 0.29) is 23.6 Å². The number of benzene rings is 1. The van der Waals surface area contributed by atoms with Crippen LogP contribution in [0.15, 0.2) is 30.5 Å². The Labute approximate surface area is 141 Å². The van der Waals surface area contributed by atoms with Crippen LogP contribution in [0.1, 0.15) is 21.6 Å². The lowest BCUT2D eigenvalue weighted by atomic mass is 10.2. The number of hydrogen-bond acceptors (Lipinski definition) is 5. The molecule has 0 amide bonds. The SMILES string of the molecule is COC(=O)c1c(N)c(C#N)cn1-c1ccc(COCC(F)(F)F)cc1. The van der Waals surface area contributed by atoms with Crippen molar-refractivity contribution < 1.29 is 27.4 Å². The maximum absolute atomic E-state index is 12.1. The van der Waals surface area contributed by atoms with E-state index < -0.39 is 18.8 Å². The van der Waals surface area contributed by atoms with Crippen LogP contribution in [0.2, 0.25) is 0 Å². The second kappa shape index (κ2) is 7.27. The number of carbonyl (C=O) groups excluding carboxylic acids is 1. The molecule has 0 aliphatic rings. The van der Waals surface area contributed by atoms with Gasteiger partial charge in [0, 0.05) is 11.9 Å². The van der Waals surface area contributed by atoms with Crippen LogP contribution < -0.4 is 5.73 Å². The van der Waals surface area contributed by atoms with Gasteiger partial charge in [-0.05, 0) is 17.7 Å². The van der Waals surface area contributed by atoms with Crippen molar-refractivity contribution in [1.29, 1.82) is 5.26 Å². The second-order valence-electron chi connectivity index (χ2n) is 5.05. The lowest BCUT2D eigenvalue weighted by Crippen LogP contribution is -2.16. The van der Waals surface area contributed by atoms with Crippen molar-refractivity contribution in [3.63, 3.8) is 0 Å². The molecule has 1 aromatic heterocycles. The maximum atomic E-state index is 12.1. The fourth-order valence-electron chi connectivity index (χ4n) is 2.16. The van der Waals surface area contributed by atoms with E-state index in [1.54, 1.807) is 24.3 Å². The molecule has 0 spiro atoms. The second-order valence-corrected chi connectivity index (χ2v) is 5.05. The Kier molecular flexibility index (Phi) is 5.34. The molecule has 0 unspecified atom stereocenters. The van der Waals surface area contributed by atoms with Gasteiger partial charge < -0.3 is 19.8 Å². The normalized spacial score (nSPS) is 11.2. The van der Waals surface area contributed by atoms with Gasteiger partial charge in [-0.3, -0.25) is 0 Å². The Morgan fingerprint density at radius 2 is 1.96 bits per heavy atom. The summed E-state index contributed by atoms with van der Waals surface area (Å²) < 4.78 is 46.8. The number of nitrogen functional groups attached to an aromatic ring is 1. The molecule has 1 aromatic carbocycles. The lowest BCUT2D eigenvalue weighted by molar-refractivity contribution is -0.176. The topological polar surface area (TPSA) is 90.3 Å². The average molecular weight is 353 g/mol. The molecule has 6 nitrogen and oxygen atoms in total. The largest absolute Gasteiger partial charge is 0.464 e. The molecule has 0 fully saturated rings. The summed E-state index contributed by atoms with van der Waals surface area (Å²) in [7, 11) is 1.19. The van der Waals surface area contributed by atoms with Gasteiger partial charge in [0.2, 0.25) is 0 Å². The van der Waals surface area contributed by atoms with Crippen molar-refractivity contribution >= 4 is 11.7 Å². The monoisotopic (exact) mass is 353 g/mol. The first kappa shape index (κ1) is 18.4. The molecule has 0 bridgehead atoms.